The van der Waals surface area contributed by atoms with Gasteiger partial charge in [-0.25, -0.2) is 0 Å². The van der Waals surface area contributed by atoms with Gasteiger partial charge in [0.1, 0.15) is 0 Å². The molecule has 0 rings (SSSR count). The molecule has 6 heavy (non-hydrogen) atoms. The van der Waals surface area contributed by atoms with Crippen molar-refractivity contribution < 1.29 is 125 Å². The van der Waals surface area contributed by atoms with Gasteiger partial charge in [-0.05, 0) is 0 Å². The average Bonchev–Trinajstić information content (AvgIpc) is 0. The summed E-state index contributed by atoms with van der Waals surface area (Å²) in [5, 5.41) is 0. The van der Waals surface area contributed by atoms with E-state index in [0.717, 1.165) is 0 Å². The maximum absolute atomic E-state index is 0. The van der Waals surface area contributed by atoms with E-state index in [0.29, 0.717) is 0 Å². The summed E-state index contributed by atoms with van der Waals surface area (Å²) < 4.78 is 0. The molecule has 0 aromatic rings. The predicted molar refractivity (Wildman–Crippen MR) is 0 cm³/mol. The molecule has 0 bridgehead atoms. The van der Waals surface area contributed by atoms with Gasteiger partial charge in [0.05, 0.1) is 0 Å². The fourth-order valence-electron chi connectivity index (χ4n) is 0. The Kier molecular flexibility index (Phi) is 312. The molecule has 0 aliphatic rings. The van der Waals surface area contributed by atoms with E-state index >= 15 is 0 Å². The molecule has 0 saturated carbocycles. The van der Waals surface area contributed by atoms with E-state index in [-0.39, 0.29) is 125 Å². The number of rotatable bonds is 0. The van der Waals surface area contributed by atoms with Crippen LogP contribution in [0.15, 0.2) is 0 Å². The first kappa shape index (κ1) is 51.3. The van der Waals surface area contributed by atoms with Crippen molar-refractivity contribution in [2.75, 3.05) is 0 Å². The first-order valence-electron chi connectivity index (χ1n) is 0. The minimum atomic E-state index is 0. The molecule has 59 valence electrons. The first-order valence-corrected chi connectivity index (χ1v) is 0. The van der Waals surface area contributed by atoms with E-state index in [1.807, 2.05) is 0 Å². The molecule has 0 N–H and O–H groups in total. The van der Waals surface area contributed by atoms with Gasteiger partial charge in [-0.15, -0.1) is 0 Å². The van der Waals surface area contributed by atoms with Gasteiger partial charge in [0.25, 0.3) is 0 Å². The third kappa shape index (κ3) is 24.7. The second-order valence-corrected chi connectivity index (χ2v) is 0. The Bertz CT molecular complexity index is 3.90. The Morgan fingerprint density at radius 1 is 0.333 bits per heavy atom. The minimum absolute atomic E-state index is 0. The largest absolute Gasteiger partial charge is 0 e. The zero-order valence-electron chi connectivity index (χ0n) is 2.01. The smallest absolute Gasteiger partial charge is 0 e. The molecule has 0 aromatic carbocycles. The molecule has 0 unspecified atom stereocenters. The van der Waals surface area contributed by atoms with Crippen molar-refractivity contribution in [3.63, 3.8) is 0 Å². The number of hydrogen-bond donors (Lipinski definition) is 0. The maximum Gasteiger partial charge on any atom is 0 e. The summed E-state index contributed by atoms with van der Waals surface area (Å²) in [4.78, 5) is 0. The fraction of sp³-hybridized carbons (Fsp3) is 0. The van der Waals surface area contributed by atoms with Crippen LogP contribution in [0.25, 0.3) is 0 Å². The molecule has 0 aliphatic heterocycles. The Labute approximate surface area is 123 Å². The van der Waals surface area contributed by atoms with Crippen LogP contribution in [0.1, 0.15) is 0 Å². The van der Waals surface area contributed by atoms with E-state index in [1.165, 1.54) is 0 Å². The van der Waals surface area contributed by atoms with E-state index in [1.54, 1.807) is 0 Å². The summed E-state index contributed by atoms with van der Waals surface area (Å²) in [5.74, 6) is 0. The topological polar surface area (TPSA) is 0 Å². The van der Waals surface area contributed by atoms with Gasteiger partial charge in [-0.2, -0.15) is 0 Å². The molecule has 0 heterocycles. The predicted octanol–water partition coefficient (Wildman–Crippen LogP) is -0.0125. The first-order chi connectivity index (χ1) is 0. The van der Waals surface area contributed by atoms with Gasteiger partial charge in [-0.3, -0.25) is 0 Å². The van der Waals surface area contributed by atoms with Crippen LogP contribution in [0.5, 0.6) is 0 Å². The van der Waals surface area contributed by atoms with E-state index < -0.39 is 0 Å². The van der Waals surface area contributed by atoms with Gasteiger partial charge in [-0.1, -0.05) is 0 Å². The zero-order valence-corrected chi connectivity index (χ0v) is 10.8. The maximum atomic E-state index is 0. The van der Waals surface area contributed by atoms with Crippen LogP contribution in [0, 0.1) is 39.9 Å². The summed E-state index contributed by atoms with van der Waals surface area (Å²) in [6.07, 6.45) is 0. The molecular weight excluding hydrogens is 550 g/mol. The van der Waals surface area contributed by atoms with Crippen molar-refractivity contribution in [3.05, 3.63) is 0 Å². The summed E-state index contributed by atoms with van der Waals surface area (Å²) in [5.41, 5.74) is 0. The second-order valence-electron chi connectivity index (χ2n) is 0. The van der Waals surface area contributed by atoms with Gasteiger partial charge in [0.2, 0.25) is 0 Å². The third-order valence-electron chi connectivity index (χ3n) is 0. The van der Waals surface area contributed by atoms with Crippen LogP contribution in [0.2, 0.25) is 0 Å². The summed E-state index contributed by atoms with van der Waals surface area (Å²) >= 11 is 0. The second kappa shape index (κ2) is 36.4. The van der Waals surface area contributed by atoms with Crippen LogP contribution in [0.4, 0.5) is 0 Å². The molecule has 0 aromatic heterocycles. The van der Waals surface area contributed by atoms with Crippen molar-refractivity contribution in [2.24, 2.45) is 0 Å². The minimum Gasteiger partial charge on any atom is 0 e. The SMILES string of the molecule is [Cu].[Cu].[Cu].[Cu].[Cu].[Th]. The Hall–Kier alpha value is 3.92. The fourth-order valence-corrected chi connectivity index (χ4v) is 0. The van der Waals surface area contributed by atoms with Crippen LogP contribution >= 0.6 is 0 Å². The number of hydrogen-bond acceptors (Lipinski definition) is 0. The average molecular weight is 550 g/mol. The molecule has 0 nitrogen and oxygen atoms in total. The standard InChI is InChI=1S/5Cu.Th. The Morgan fingerprint density at radius 3 is 0.333 bits per heavy atom. The summed E-state index contributed by atoms with van der Waals surface area (Å²) in [6, 6.07) is 0. The molecule has 0 atom stereocenters. The van der Waals surface area contributed by atoms with Crippen molar-refractivity contribution >= 4 is 0 Å². The van der Waals surface area contributed by atoms with E-state index in [9.17, 15) is 0 Å². The molecule has 0 aliphatic carbocycles. The van der Waals surface area contributed by atoms with E-state index in [4.69, 9.17) is 0 Å². The van der Waals surface area contributed by atoms with Crippen molar-refractivity contribution in [3.8, 4) is 0 Å². The van der Waals surface area contributed by atoms with Crippen LogP contribution in [-0.4, -0.2) is 0 Å². The third-order valence-corrected chi connectivity index (χ3v) is 0. The van der Waals surface area contributed by atoms with Gasteiger partial charge in [0.15, 0.2) is 0 Å². The molecular formula is Cu5Th. The van der Waals surface area contributed by atoms with Crippen LogP contribution < -0.4 is 0 Å². The van der Waals surface area contributed by atoms with Gasteiger partial charge in [0, 0.05) is 125 Å². The molecule has 5 radical (unpaired) electrons. The quantitative estimate of drug-likeness (QED) is 0.373. The summed E-state index contributed by atoms with van der Waals surface area (Å²) in [6.45, 7) is 0. The molecule has 0 spiro atoms. The Balaban J connectivity index is 0. The molecule has 0 fully saturated rings. The van der Waals surface area contributed by atoms with Crippen molar-refractivity contribution in [2.45, 2.75) is 0 Å². The van der Waals surface area contributed by atoms with Crippen molar-refractivity contribution in [1.82, 2.24) is 0 Å². The normalized spacial score (nSPS) is 0. The van der Waals surface area contributed by atoms with E-state index in [2.05, 4.69) is 0 Å². The van der Waals surface area contributed by atoms with Crippen LogP contribution in [-0.2, 0) is 85.3 Å². The van der Waals surface area contributed by atoms with Gasteiger partial charge < -0.3 is 0 Å². The monoisotopic (exact) mass is 547 g/mol. The Morgan fingerprint density at radius 2 is 0.333 bits per heavy atom. The van der Waals surface area contributed by atoms with Crippen LogP contribution in [0.3, 0.4) is 0 Å². The zero-order chi connectivity index (χ0) is 0. The molecule has 6 heteroatoms. The molecule has 0 amide bonds. The summed E-state index contributed by atoms with van der Waals surface area (Å²) in [7, 11) is 0. The molecule has 0 saturated heterocycles. The van der Waals surface area contributed by atoms with Gasteiger partial charge >= 0.3 is 0 Å². The van der Waals surface area contributed by atoms with Crippen molar-refractivity contribution in [1.29, 1.82) is 0 Å².